The van der Waals surface area contributed by atoms with E-state index in [4.69, 9.17) is 4.98 Å². The van der Waals surface area contributed by atoms with Gasteiger partial charge in [0.25, 0.3) is 0 Å². The molecule has 1 saturated heterocycles. The number of amides is 1. The fourth-order valence-electron chi connectivity index (χ4n) is 3.82. The quantitative estimate of drug-likeness (QED) is 0.575. The number of carbonyl (C=O) groups is 1. The number of aryl methyl sites for hydroxylation is 2. The molecule has 0 atom stereocenters. The van der Waals surface area contributed by atoms with Gasteiger partial charge in [-0.2, -0.15) is 0 Å². The normalized spacial score (nSPS) is 15.1. The van der Waals surface area contributed by atoms with Gasteiger partial charge < -0.3 is 10.2 Å². The molecule has 2 aromatic heterocycles. The molecule has 1 N–H and O–H groups in total. The Labute approximate surface area is 183 Å². The van der Waals surface area contributed by atoms with Crippen molar-refractivity contribution >= 4 is 49.9 Å². The molecule has 0 bridgehead atoms. The minimum absolute atomic E-state index is 0.0632. The zero-order chi connectivity index (χ0) is 20.4. The Morgan fingerprint density at radius 3 is 2.66 bits per heavy atom. The number of piperidine rings is 1. The van der Waals surface area contributed by atoms with E-state index in [1.807, 2.05) is 24.3 Å². The van der Waals surface area contributed by atoms with Crippen molar-refractivity contribution in [3.05, 3.63) is 50.4 Å². The second kappa shape index (κ2) is 8.79. The fraction of sp³-hybridized carbons (Fsp3) is 0.409. The second-order valence-electron chi connectivity index (χ2n) is 7.47. The maximum Gasteiger partial charge on any atom is 0.223 e. The highest BCUT2D eigenvalue weighted by molar-refractivity contribution is 9.10. The molecule has 1 aromatic carbocycles. The molecule has 5 nitrogen and oxygen atoms in total. The van der Waals surface area contributed by atoms with Gasteiger partial charge in [-0.25, -0.2) is 9.97 Å². The van der Waals surface area contributed by atoms with Gasteiger partial charge >= 0.3 is 0 Å². The first-order valence-electron chi connectivity index (χ1n) is 10.1. The number of rotatable bonds is 5. The van der Waals surface area contributed by atoms with Gasteiger partial charge in [-0.1, -0.05) is 35.0 Å². The van der Waals surface area contributed by atoms with Crippen LogP contribution in [0.3, 0.4) is 0 Å². The van der Waals surface area contributed by atoms with Crippen molar-refractivity contribution in [3.8, 4) is 0 Å². The van der Waals surface area contributed by atoms with Crippen LogP contribution in [-0.4, -0.2) is 29.0 Å². The van der Waals surface area contributed by atoms with Crippen LogP contribution >= 0.6 is 27.3 Å². The molecule has 7 heteroatoms. The van der Waals surface area contributed by atoms with Gasteiger partial charge in [-0.05, 0) is 37.5 Å². The summed E-state index contributed by atoms with van der Waals surface area (Å²) in [5.41, 5.74) is 2.16. The summed E-state index contributed by atoms with van der Waals surface area (Å²) in [6.45, 7) is 6.49. The van der Waals surface area contributed by atoms with E-state index in [1.54, 1.807) is 11.3 Å². The molecule has 0 unspecified atom stereocenters. The van der Waals surface area contributed by atoms with E-state index in [9.17, 15) is 4.79 Å². The van der Waals surface area contributed by atoms with E-state index in [-0.39, 0.29) is 11.8 Å². The molecule has 0 aliphatic carbocycles. The number of thiophene rings is 1. The van der Waals surface area contributed by atoms with Crippen molar-refractivity contribution in [1.29, 1.82) is 0 Å². The molecular weight excluding hydrogens is 448 g/mol. The summed E-state index contributed by atoms with van der Waals surface area (Å²) in [6, 6.07) is 8.06. The van der Waals surface area contributed by atoms with Gasteiger partial charge in [0, 0.05) is 46.7 Å². The van der Waals surface area contributed by atoms with Gasteiger partial charge in [-0.15, -0.1) is 11.3 Å². The van der Waals surface area contributed by atoms with Gasteiger partial charge in [0.2, 0.25) is 5.91 Å². The maximum absolute atomic E-state index is 12.6. The molecule has 0 spiro atoms. The molecule has 3 heterocycles. The number of benzene rings is 1. The zero-order valence-electron chi connectivity index (χ0n) is 16.7. The number of anilines is 1. The van der Waals surface area contributed by atoms with E-state index in [2.05, 4.69) is 50.4 Å². The van der Waals surface area contributed by atoms with Crippen molar-refractivity contribution in [2.45, 2.75) is 39.7 Å². The predicted molar refractivity (Wildman–Crippen MR) is 122 cm³/mol. The van der Waals surface area contributed by atoms with Crippen LogP contribution < -0.4 is 10.2 Å². The summed E-state index contributed by atoms with van der Waals surface area (Å²) in [6.07, 6.45) is 2.53. The first kappa shape index (κ1) is 20.3. The van der Waals surface area contributed by atoms with Crippen LogP contribution in [0.1, 0.15) is 36.0 Å². The molecule has 152 valence electrons. The van der Waals surface area contributed by atoms with Crippen molar-refractivity contribution in [1.82, 2.24) is 15.3 Å². The van der Waals surface area contributed by atoms with E-state index in [0.717, 1.165) is 59.5 Å². The SMILES string of the molecule is CCc1nc(N2CCC(C(=O)NCc3ccc(Br)cc3)CC2)c2c(C)scc2n1. The number of nitrogens with zero attached hydrogens (tertiary/aromatic N) is 3. The average Bonchev–Trinajstić information content (AvgIpc) is 3.13. The first-order chi connectivity index (χ1) is 14.0. The fourth-order valence-corrected chi connectivity index (χ4v) is 4.85. The zero-order valence-corrected chi connectivity index (χ0v) is 19.1. The summed E-state index contributed by atoms with van der Waals surface area (Å²) in [7, 11) is 0. The van der Waals surface area contributed by atoms with Gasteiger partial charge in [-0.3, -0.25) is 4.79 Å². The number of halogens is 1. The van der Waals surface area contributed by atoms with Crippen LogP contribution in [0.15, 0.2) is 34.1 Å². The van der Waals surface area contributed by atoms with Gasteiger partial charge in [0.1, 0.15) is 11.6 Å². The van der Waals surface area contributed by atoms with E-state index in [0.29, 0.717) is 6.54 Å². The van der Waals surface area contributed by atoms with Crippen molar-refractivity contribution in [3.63, 3.8) is 0 Å². The van der Waals surface area contributed by atoms with E-state index >= 15 is 0 Å². The largest absolute Gasteiger partial charge is 0.356 e. The molecule has 29 heavy (non-hydrogen) atoms. The van der Waals surface area contributed by atoms with Crippen LogP contribution in [0.5, 0.6) is 0 Å². The van der Waals surface area contributed by atoms with Crippen LogP contribution in [0.25, 0.3) is 10.9 Å². The van der Waals surface area contributed by atoms with Crippen LogP contribution in [-0.2, 0) is 17.8 Å². The maximum atomic E-state index is 12.6. The van der Waals surface area contributed by atoms with Crippen LogP contribution in [0.2, 0.25) is 0 Å². The number of hydrogen-bond acceptors (Lipinski definition) is 5. The Morgan fingerprint density at radius 1 is 1.24 bits per heavy atom. The highest BCUT2D eigenvalue weighted by Crippen LogP contribution is 2.33. The smallest absolute Gasteiger partial charge is 0.223 e. The molecular formula is C22H25BrN4OS. The number of hydrogen-bond donors (Lipinski definition) is 1. The Bertz CT molecular complexity index is 1010. The molecule has 0 radical (unpaired) electrons. The summed E-state index contributed by atoms with van der Waals surface area (Å²) in [5, 5.41) is 6.39. The Balaban J connectivity index is 1.40. The monoisotopic (exact) mass is 472 g/mol. The second-order valence-corrected chi connectivity index (χ2v) is 9.47. The lowest BCUT2D eigenvalue weighted by atomic mass is 9.95. The molecule has 1 aliphatic heterocycles. The van der Waals surface area contributed by atoms with Crippen molar-refractivity contribution < 1.29 is 4.79 Å². The molecule has 0 saturated carbocycles. The minimum Gasteiger partial charge on any atom is -0.356 e. The Morgan fingerprint density at radius 2 is 1.97 bits per heavy atom. The topological polar surface area (TPSA) is 58.1 Å². The predicted octanol–water partition coefficient (Wildman–Crippen LogP) is 4.86. The number of fused-ring (bicyclic) bond motifs is 1. The van der Waals surface area contributed by atoms with Crippen molar-refractivity contribution in [2.75, 3.05) is 18.0 Å². The lowest BCUT2D eigenvalue weighted by molar-refractivity contribution is -0.125. The third-order valence-electron chi connectivity index (χ3n) is 5.53. The summed E-state index contributed by atoms with van der Waals surface area (Å²) in [5.74, 6) is 2.15. The van der Waals surface area contributed by atoms with Crippen molar-refractivity contribution in [2.24, 2.45) is 5.92 Å². The number of nitrogens with one attached hydrogen (secondary N) is 1. The lowest BCUT2D eigenvalue weighted by Crippen LogP contribution is -2.40. The van der Waals surface area contributed by atoms with Gasteiger partial charge in [0.05, 0.1) is 10.9 Å². The third kappa shape index (κ3) is 4.46. The van der Waals surface area contributed by atoms with E-state index in [1.165, 1.54) is 10.3 Å². The minimum atomic E-state index is 0.0632. The number of aromatic nitrogens is 2. The van der Waals surface area contributed by atoms with Crippen LogP contribution in [0.4, 0.5) is 5.82 Å². The Kier molecular flexibility index (Phi) is 6.15. The van der Waals surface area contributed by atoms with Crippen LogP contribution in [0, 0.1) is 12.8 Å². The first-order valence-corrected chi connectivity index (χ1v) is 11.7. The molecule has 1 fully saturated rings. The third-order valence-corrected chi connectivity index (χ3v) is 6.95. The summed E-state index contributed by atoms with van der Waals surface area (Å²) < 4.78 is 1.05. The van der Waals surface area contributed by atoms with E-state index < -0.39 is 0 Å². The summed E-state index contributed by atoms with van der Waals surface area (Å²) in [4.78, 5) is 25.8. The molecule has 1 amide bonds. The lowest BCUT2D eigenvalue weighted by Gasteiger charge is -2.32. The molecule has 3 aromatic rings. The van der Waals surface area contributed by atoms with Gasteiger partial charge in [0.15, 0.2) is 0 Å². The molecule has 1 aliphatic rings. The average molecular weight is 473 g/mol. The number of carbonyl (C=O) groups excluding carboxylic acids is 1. The Hall–Kier alpha value is -1.99. The molecule has 4 rings (SSSR count). The standard InChI is InChI=1S/C22H25BrN4OS/c1-3-19-25-18-13-29-14(2)20(18)21(26-19)27-10-8-16(9-11-27)22(28)24-12-15-4-6-17(23)7-5-15/h4-7,13,16H,3,8-12H2,1-2H3,(H,24,28). The highest BCUT2D eigenvalue weighted by Gasteiger charge is 2.27. The highest BCUT2D eigenvalue weighted by atomic mass is 79.9. The summed E-state index contributed by atoms with van der Waals surface area (Å²) >= 11 is 5.17.